The van der Waals surface area contributed by atoms with Gasteiger partial charge in [-0.25, -0.2) is 4.68 Å². The van der Waals surface area contributed by atoms with Gasteiger partial charge in [0.1, 0.15) is 13.1 Å². The van der Waals surface area contributed by atoms with Crippen molar-refractivity contribution < 1.29 is 22.8 Å². The number of alkyl halides is 3. The molecule has 0 fully saturated rings. The zero-order valence-electron chi connectivity index (χ0n) is 15.5. The molecule has 1 heterocycles. The van der Waals surface area contributed by atoms with E-state index in [2.05, 4.69) is 5.10 Å². The predicted octanol–water partition coefficient (Wildman–Crippen LogP) is 2.58. The van der Waals surface area contributed by atoms with Crippen LogP contribution in [0.1, 0.15) is 21.7 Å². The van der Waals surface area contributed by atoms with Crippen LogP contribution in [0.15, 0.2) is 30.3 Å². The first kappa shape index (κ1) is 20.5. The molecule has 1 aromatic heterocycles. The van der Waals surface area contributed by atoms with Crippen molar-refractivity contribution in [3.63, 3.8) is 0 Å². The van der Waals surface area contributed by atoms with Crippen molar-refractivity contribution in [3.8, 4) is 5.69 Å². The summed E-state index contributed by atoms with van der Waals surface area (Å²) in [6.45, 7) is 1.57. The molecule has 6 nitrogen and oxygen atoms in total. The van der Waals surface area contributed by atoms with Crippen LogP contribution in [0.25, 0.3) is 5.69 Å². The lowest BCUT2D eigenvalue weighted by Gasteiger charge is -2.25. The van der Waals surface area contributed by atoms with Crippen LogP contribution < -0.4 is 0 Å². The molecule has 9 heteroatoms. The van der Waals surface area contributed by atoms with E-state index in [1.807, 2.05) is 19.9 Å². The molecule has 0 spiro atoms. The third-order valence-electron chi connectivity index (χ3n) is 3.85. The van der Waals surface area contributed by atoms with E-state index in [-0.39, 0.29) is 5.56 Å². The number of amides is 2. The Bertz CT molecular complexity index is 826. The second kappa shape index (κ2) is 7.81. The molecular formula is C18H21F3N4O2. The van der Waals surface area contributed by atoms with Gasteiger partial charge in [-0.15, -0.1) is 0 Å². The van der Waals surface area contributed by atoms with Gasteiger partial charge in [-0.3, -0.25) is 9.59 Å². The Balaban J connectivity index is 2.26. The molecule has 146 valence electrons. The molecule has 0 saturated carbocycles. The van der Waals surface area contributed by atoms with Crippen molar-refractivity contribution in [1.29, 1.82) is 0 Å². The van der Waals surface area contributed by atoms with E-state index in [4.69, 9.17) is 0 Å². The number of aryl methyl sites for hydroxylation is 2. The Hall–Kier alpha value is -2.84. The molecule has 27 heavy (non-hydrogen) atoms. The van der Waals surface area contributed by atoms with E-state index in [0.29, 0.717) is 10.6 Å². The molecule has 0 unspecified atom stereocenters. The summed E-state index contributed by atoms with van der Waals surface area (Å²) >= 11 is 0. The van der Waals surface area contributed by atoms with Gasteiger partial charge in [-0.05, 0) is 44.2 Å². The number of halogens is 3. The molecule has 0 aliphatic rings. The van der Waals surface area contributed by atoms with Gasteiger partial charge in [-0.2, -0.15) is 18.3 Å². The highest BCUT2D eigenvalue weighted by atomic mass is 19.4. The van der Waals surface area contributed by atoms with Gasteiger partial charge in [-0.1, -0.05) is 0 Å². The van der Waals surface area contributed by atoms with Crippen LogP contribution in [0.2, 0.25) is 0 Å². The lowest BCUT2D eigenvalue weighted by atomic mass is 10.1. The van der Waals surface area contributed by atoms with Gasteiger partial charge >= 0.3 is 6.18 Å². The van der Waals surface area contributed by atoms with Gasteiger partial charge < -0.3 is 9.80 Å². The predicted molar refractivity (Wildman–Crippen MR) is 93.7 cm³/mol. The number of aromatic nitrogens is 2. The Morgan fingerprint density at radius 2 is 1.70 bits per heavy atom. The monoisotopic (exact) mass is 382 g/mol. The summed E-state index contributed by atoms with van der Waals surface area (Å²) in [5, 5.41) is 4.32. The Morgan fingerprint density at radius 1 is 1.11 bits per heavy atom. The molecule has 1 aromatic carbocycles. The zero-order chi connectivity index (χ0) is 20.4. The normalized spacial score (nSPS) is 11.4. The second-order valence-corrected chi connectivity index (χ2v) is 6.45. The average Bonchev–Trinajstić information content (AvgIpc) is 2.90. The number of hydrogen-bond acceptors (Lipinski definition) is 3. The van der Waals surface area contributed by atoms with Crippen LogP contribution in [-0.4, -0.2) is 64.8 Å². The molecule has 0 bridgehead atoms. The number of hydrogen-bond donors (Lipinski definition) is 0. The maximum atomic E-state index is 12.8. The first-order valence-electron chi connectivity index (χ1n) is 8.18. The molecule has 0 aliphatic carbocycles. The maximum Gasteiger partial charge on any atom is 0.406 e. The van der Waals surface area contributed by atoms with Crippen LogP contribution in [0, 0.1) is 13.8 Å². The van der Waals surface area contributed by atoms with Crippen LogP contribution in [-0.2, 0) is 4.79 Å². The molecule has 2 rings (SSSR count). The first-order valence-corrected chi connectivity index (χ1v) is 8.18. The maximum absolute atomic E-state index is 12.8. The van der Waals surface area contributed by atoms with Crippen LogP contribution in [0.5, 0.6) is 0 Å². The van der Waals surface area contributed by atoms with Crippen molar-refractivity contribution in [2.75, 3.05) is 27.2 Å². The molecule has 0 N–H and O–H groups in total. The minimum Gasteiger partial charge on any atom is -0.347 e. The summed E-state index contributed by atoms with van der Waals surface area (Å²) in [6, 6.07) is 7.95. The summed E-state index contributed by atoms with van der Waals surface area (Å²) in [5.74, 6) is -1.45. The summed E-state index contributed by atoms with van der Waals surface area (Å²) in [7, 11) is 2.84. The number of rotatable bonds is 5. The minimum absolute atomic E-state index is 0.0658. The quantitative estimate of drug-likeness (QED) is 0.799. The average molecular weight is 382 g/mol. The smallest absolute Gasteiger partial charge is 0.347 e. The fraction of sp³-hybridized carbons (Fsp3) is 0.389. The van der Waals surface area contributed by atoms with E-state index in [1.54, 1.807) is 16.8 Å². The van der Waals surface area contributed by atoms with E-state index in [9.17, 15) is 22.8 Å². The van der Waals surface area contributed by atoms with Crippen molar-refractivity contribution in [2.45, 2.75) is 20.0 Å². The van der Waals surface area contributed by atoms with E-state index >= 15 is 0 Å². The molecular weight excluding hydrogens is 361 g/mol. The molecule has 0 aliphatic heterocycles. The van der Waals surface area contributed by atoms with Crippen molar-refractivity contribution in [2.24, 2.45) is 0 Å². The third kappa shape index (κ3) is 5.32. The van der Waals surface area contributed by atoms with Gasteiger partial charge in [0.05, 0.1) is 11.4 Å². The third-order valence-corrected chi connectivity index (χ3v) is 3.85. The molecule has 2 amide bonds. The van der Waals surface area contributed by atoms with Crippen molar-refractivity contribution in [1.82, 2.24) is 19.6 Å². The Labute approximate surface area is 155 Å². The molecule has 0 radical (unpaired) electrons. The fourth-order valence-corrected chi connectivity index (χ4v) is 2.54. The highest BCUT2D eigenvalue weighted by molar-refractivity contribution is 5.96. The lowest BCUT2D eigenvalue weighted by molar-refractivity contribution is -0.146. The van der Waals surface area contributed by atoms with Crippen molar-refractivity contribution in [3.05, 3.63) is 47.3 Å². The number of carbonyl (C=O) groups is 2. The van der Waals surface area contributed by atoms with Crippen molar-refractivity contribution >= 4 is 11.8 Å². The minimum atomic E-state index is -4.61. The number of carbonyl (C=O) groups excluding carboxylic acids is 2. The van der Waals surface area contributed by atoms with Crippen LogP contribution in [0.4, 0.5) is 13.2 Å². The molecule has 2 aromatic rings. The molecule has 0 atom stereocenters. The number of benzene rings is 1. The van der Waals surface area contributed by atoms with Gasteiger partial charge in [0.25, 0.3) is 5.91 Å². The Kier molecular flexibility index (Phi) is 5.92. The van der Waals surface area contributed by atoms with Crippen LogP contribution >= 0.6 is 0 Å². The standard InChI is InChI=1S/C18H21F3N4O2/c1-12-9-13(2)25(22-12)15-7-5-14(6-8-15)17(27)24(11-18(19,20)21)10-16(26)23(3)4/h5-9H,10-11H2,1-4H3. The fourth-order valence-electron chi connectivity index (χ4n) is 2.54. The van der Waals surface area contributed by atoms with E-state index in [0.717, 1.165) is 16.3 Å². The Morgan fingerprint density at radius 3 is 2.15 bits per heavy atom. The summed E-state index contributed by atoms with van der Waals surface area (Å²) in [5.41, 5.74) is 2.47. The molecule has 0 saturated heterocycles. The summed E-state index contributed by atoms with van der Waals surface area (Å²) in [6.07, 6.45) is -4.61. The SMILES string of the molecule is Cc1cc(C)n(-c2ccc(C(=O)N(CC(=O)N(C)C)CC(F)(F)F)cc2)n1. The largest absolute Gasteiger partial charge is 0.406 e. The van der Waals surface area contributed by atoms with E-state index in [1.165, 1.54) is 26.2 Å². The van der Waals surface area contributed by atoms with Gasteiger partial charge in [0.15, 0.2) is 0 Å². The first-order chi connectivity index (χ1) is 12.5. The van der Waals surface area contributed by atoms with Gasteiger partial charge in [0, 0.05) is 25.4 Å². The topological polar surface area (TPSA) is 58.4 Å². The highest BCUT2D eigenvalue weighted by Crippen LogP contribution is 2.19. The zero-order valence-corrected chi connectivity index (χ0v) is 15.5. The van der Waals surface area contributed by atoms with Crippen LogP contribution in [0.3, 0.4) is 0 Å². The second-order valence-electron chi connectivity index (χ2n) is 6.45. The number of likely N-dealkylation sites (N-methyl/N-ethyl adjacent to an activating group) is 1. The van der Waals surface area contributed by atoms with E-state index < -0.39 is 31.1 Å². The summed E-state index contributed by atoms with van der Waals surface area (Å²) in [4.78, 5) is 26.0. The van der Waals surface area contributed by atoms with Gasteiger partial charge in [0.2, 0.25) is 5.91 Å². The highest BCUT2D eigenvalue weighted by Gasteiger charge is 2.34. The lowest BCUT2D eigenvalue weighted by Crippen LogP contribution is -2.44. The number of nitrogens with zero attached hydrogens (tertiary/aromatic N) is 4. The summed E-state index contributed by atoms with van der Waals surface area (Å²) < 4.78 is 40.2.